The number of anilines is 1. The molecule has 1 unspecified atom stereocenters. The van der Waals surface area contributed by atoms with Gasteiger partial charge in [-0.3, -0.25) is 14.8 Å². The second-order valence-corrected chi connectivity index (χ2v) is 6.79. The van der Waals surface area contributed by atoms with Gasteiger partial charge in [-0.05, 0) is 30.7 Å². The number of carbonyl (C=O) groups excluding carboxylic acids is 2. The zero-order valence-corrected chi connectivity index (χ0v) is 15.4. The number of hydrogen-bond donors (Lipinski definition) is 1. The Kier molecular flexibility index (Phi) is 7.52. The average molecular weight is 368 g/mol. The quantitative estimate of drug-likeness (QED) is 0.436. The Labute approximate surface area is 153 Å². The predicted octanol–water partition coefficient (Wildman–Crippen LogP) is 2.64. The molecule has 6 nitrogen and oxygen atoms in total. The number of hydroxylamine groups is 2. The van der Waals surface area contributed by atoms with Crippen LogP contribution in [0.1, 0.15) is 26.2 Å². The fourth-order valence-electron chi connectivity index (χ4n) is 3.11. The van der Waals surface area contributed by atoms with Crippen molar-refractivity contribution in [1.82, 2.24) is 9.96 Å². The summed E-state index contributed by atoms with van der Waals surface area (Å²) in [6, 6.07) is 7.70. The first-order chi connectivity index (χ1) is 12.0. The lowest BCUT2D eigenvalue weighted by molar-refractivity contribution is -0.157. The highest BCUT2D eigenvalue weighted by Crippen LogP contribution is 2.21. The number of amides is 2. The molecule has 1 heterocycles. The van der Waals surface area contributed by atoms with Gasteiger partial charge in [0.2, 0.25) is 12.3 Å². The van der Waals surface area contributed by atoms with Crippen molar-refractivity contribution in [1.29, 1.82) is 0 Å². The van der Waals surface area contributed by atoms with Crippen LogP contribution in [0.25, 0.3) is 0 Å². The number of hydrogen-bond acceptors (Lipinski definition) is 4. The normalized spacial score (nSPS) is 15.8. The smallest absolute Gasteiger partial charge is 0.233 e. The Morgan fingerprint density at radius 1 is 1.28 bits per heavy atom. The summed E-state index contributed by atoms with van der Waals surface area (Å²) in [5.74, 6) is -0.331. The van der Waals surface area contributed by atoms with Crippen LogP contribution in [0, 0.1) is 5.92 Å². The van der Waals surface area contributed by atoms with E-state index in [0.717, 1.165) is 31.6 Å². The van der Waals surface area contributed by atoms with Gasteiger partial charge in [-0.25, -0.2) is 5.06 Å². The van der Waals surface area contributed by atoms with Crippen LogP contribution in [0.5, 0.6) is 0 Å². The minimum absolute atomic E-state index is 0.0186. The van der Waals surface area contributed by atoms with E-state index in [0.29, 0.717) is 36.0 Å². The number of halogens is 1. The second-order valence-electron chi connectivity index (χ2n) is 6.36. The van der Waals surface area contributed by atoms with Crippen LogP contribution in [-0.2, 0) is 9.59 Å². The molecule has 1 aliphatic heterocycles. The number of nitrogens with zero attached hydrogens (tertiary/aromatic N) is 3. The van der Waals surface area contributed by atoms with Crippen molar-refractivity contribution in [3.05, 3.63) is 29.3 Å². The fraction of sp³-hybridized carbons (Fsp3) is 0.556. The van der Waals surface area contributed by atoms with Crippen LogP contribution in [0.4, 0.5) is 5.69 Å². The van der Waals surface area contributed by atoms with Crippen molar-refractivity contribution in [3.63, 3.8) is 0 Å². The van der Waals surface area contributed by atoms with Crippen molar-refractivity contribution >= 4 is 29.6 Å². The van der Waals surface area contributed by atoms with E-state index < -0.39 is 0 Å². The molecule has 1 saturated heterocycles. The molecule has 0 spiro atoms. The van der Waals surface area contributed by atoms with Gasteiger partial charge in [0.25, 0.3) is 0 Å². The van der Waals surface area contributed by atoms with E-state index in [1.807, 2.05) is 29.2 Å². The Balaban J connectivity index is 1.93. The van der Waals surface area contributed by atoms with Crippen LogP contribution in [0.3, 0.4) is 0 Å². The molecule has 1 aromatic carbocycles. The van der Waals surface area contributed by atoms with Gasteiger partial charge in [0, 0.05) is 36.9 Å². The molecule has 2 rings (SSSR count). The summed E-state index contributed by atoms with van der Waals surface area (Å²) < 4.78 is 0. The minimum atomic E-state index is -0.350. The first-order valence-corrected chi connectivity index (χ1v) is 9.13. The molecule has 138 valence electrons. The molecule has 0 bridgehead atoms. The van der Waals surface area contributed by atoms with E-state index in [-0.39, 0.29) is 18.4 Å². The number of carbonyl (C=O) groups is 2. The summed E-state index contributed by atoms with van der Waals surface area (Å²) in [5, 5.41) is 10.7. The molecule has 1 aliphatic rings. The zero-order valence-electron chi connectivity index (χ0n) is 14.6. The number of benzene rings is 1. The average Bonchev–Trinajstić information content (AvgIpc) is 2.65. The Hall–Kier alpha value is -1.79. The predicted molar refractivity (Wildman–Crippen MR) is 97.8 cm³/mol. The summed E-state index contributed by atoms with van der Waals surface area (Å²) >= 11 is 5.92. The highest BCUT2D eigenvalue weighted by Gasteiger charge is 2.28. The van der Waals surface area contributed by atoms with Gasteiger partial charge in [0.05, 0.1) is 12.5 Å². The molecule has 0 aromatic heterocycles. The first kappa shape index (κ1) is 19.5. The van der Waals surface area contributed by atoms with Gasteiger partial charge in [0.1, 0.15) is 0 Å². The number of rotatable bonds is 8. The Morgan fingerprint density at radius 2 is 1.92 bits per heavy atom. The Bertz CT molecular complexity index is 559. The van der Waals surface area contributed by atoms with E-state index in [4.69, 9.17) is 11.6 Å². The first-order valence-electron chi connectivity index (χ1n) is 8.75. The standard InChI is InChI=1S/C18H26ClN3O3/c1-2-3-4-15(13-22(25)14-23)18(24)21-11-9-20(10-12-21)17-7-5-16(19)6-8-17/h5-8,14-15,25H,2-4,9-13H2,1H3. The van der Waals surface area contributed by atoms with Crippen molar-refractivity contribution in [2.75, 3.05) is 37.6 Å². The fourth-order valence-corrected chi connectivity index (χ4v) is 3.23. The van der Waals surface area contributed by atoms with Gasteiger partial charge >= 0.3 is 0 Å². The van der Waals surface area contributed by atoms with Gasteiger partial charge in [-0.1, -0.05) is 31.4 Å². The van der Waals surface area contributed by atoms with Crippen LogP contribution in [-0.4, -0.2) is 60.2 Å². The summed E-state index contributed by atoms with van der Waals surface area (Å²) in [5.41, 5.74) is 1.10. The maximum Gasteiger partial charge on any atom is 0.233 e. The van der Waals surface area contributed by atoms with Crippen molar-refractivity contribution in [3.8, 4) is 0 Å². The molecule has 1 N–H and O–H groups in total. The highest BCUT2D eigenvalue weighted by molar-refractivity contribution is 6.30. The van der Waals surface area contributed by atoms with E-state index in [2.05, 4.69) is 11.8 Å². The van der Waals surface area contributed by atoms with Crippen molar-refractivity contribution < 1.29 is 14.8 Å². The molecule has 0 aliphatic carbocycles. The molecule has 2 amide bonds. The third-order valence-corrected chi connectivity index (χ3v) is 4.82. The van der Waals surface area contributed by atoms with Gasteiger partial charge < -0.3 is 9.80 Å². The molecular weight excluding hydrogens is 342 g/mol. The molecule has 0 radical (unpaired) electrons. The molecular formula is C18H26ClN3O3. The summed E-state index contributed by atoms with van der Waals surface area (Å²) in [4.78, 5) is 27.5. The lowest BCUT2D eigenvalue weighted by atomic mass is 10.00. The third kappa shape index (κ3) is 5.61. The summed E-state index contributed by atoms with van der Waals surface area (Å²) in [6.45, 7) is 4.89. The zero-order chi connectivity index (χ0) is 18.2. The molecule has 1 fully saturated rings. The largest absolute Gasteiger partial charge is 0.368 e. The van der Waals surface area contributed by atoms with Crippen molar-refractivity contribution in [2.24, 2.45) is 5.92 Å². The second kappa shape index (κ2) is 9.63. The molecule has 25 heavy (non-hydrogen) atoms. The van der Waals surface area contributed by atoms with E-state index in [1.54, 1.807) is 0 Å². The maximum absolute atomic E-state index is 12.8. The molecule has 1 atom stereocenters. The maximum atomic E-state index is 12.8. The number of unbranched alkanes of at least 4 members (excludes halogenated alkanes) is 1. The van der Waals surface area contributed by atoms with Gasteiger partial charge in [0.15, 0.2) is 0 Å². The summed E-state index contributed by atoms with van der Waals surface area (Å²) in [6.07, 6.45) is 2.90. The topological polar surface area (TPSA) is 64.1 Å². The lowest BCUT2D eigenvalue weighted by Gasteiger charge is -2.38. The van der Waals surface area contributed by atoms with Crippen LogP contribution in [0.15, 0.2) is 24.3 Å². The van der Waals surface area contributed by atoms with Gasteiger partial charge in [-0.15, -0.1) is 0 Å². The highest BCUT2D eigenvalue weighted by atomic mass is 35.5. The SMILES string of the molecule is CCCCC(CN(O)C=O)C(=O)N1CCN(c2ccc(Cl)cc2)CC1. The molecule has 0 saturated carbocycles. The minimum Gasteiger partial charge on any atom is -0.368 e. The lowest BCUT2D eigenvalue weighted by Crippen LogP contribution is -2.51. The van der Waals surface area contributed by atoms with E-state index in [1.165, 1.54) is 0 Å². The monoisotopic (exact) mass is 367 g/mol. The van der Waals surface area contributed by atoms with E-state index >= 15 is 0 Å². The summed E-state index contributed by atoms with van der Waals surface area (Å²) in [7, 11) is 0. The van der Waals surface area contributed by atoms with Crippen molar-refractivity contribution in [2.45, 2.75) is 26.2 Å². The van der Waals surface area contributed by atoms with Gasteiger partial charge in [-0.2, -0.15) is 0 Å². The molecule has 7 heteroatoms. The van der Waals surface area contributed by atoms with E-state index in [9.17, 15) is 14.8 Å². The third-order valence-electron chi connectivity index (χ3n) is 4.57. The van der Waals surface area contributed by atoms with Crippen LogP contribution >= 0.6 is 11.6 Å². The Morgan fingerprint density at radius 3 is 2.48 bits per heavy atom. The van der Waals surface area contributed by atoms with Crippen LogP contribution < -0.4 is 4.90 Å². The van der Waals surface area contributed by atoms with Crippen LogP contribution in [0.2, 0.25) is 5.02 Å². The number of piperazine rings is 1. The molecule has 1 aromatic rings.